The summed E-state index contributed by atoms with van der Waals surface area (Å²) < 4.78 is 28.2. The number of nitrogens with zero attached hydrogens (tertiary/aromatic N) is 1. The predicted octanol–water partition coefficient (Wildman–Crippen LogP) is 7.82. The lowest BCUT2D eigenvalue weighted by Crippen LogP contribution is -2.21. The van der Waals surface area contributed by atoms with Crippen LogP contribution in [0.15, 0.2) is 48.5 Å². The van der Waals surface area contributed by atoms with Crippen LogP contribution in [0.5, 0.6) is 0 Å². The van der Waals surface area contributed by atoms with E-state index in [0.717, 1.165) is 35.2 Å². The smallest absolute Gasteiger partial charge is 0.232 e. The second-order valence-corrected chi connectivity index (χ2v) is 9.67. The molecule has 0 amide bonds. The van der Waals surface area contributed by atoms with Crippen LogP contribution in [-0.2, 0) is 5.41 Å². The van der Waals surface area contributed by atoms with Crippen LogP contribution in [0.2, 0.25) is 0 Å². The molecule has 4 heteroatoms. The molecule has 3 aromatic rings. The highest BCUT2D eigenvalue weighted by Crippen LogP contribution is 2.36. The zero-order valence-electron chi connectivity index (χ0n) is 19.5. The Kier molecular flexibility index (Phi) is 6.98. The van der Waals surface area contributed by atoms with Gasteiger partial charge in [0.1, 0.15) is 5.82 Å². The van der Waals surface area contributed by atoms with Crippen molar-refractivity contribution >= 4 is 0 Å². The van der Waals surface area contributed by atoms with Crippen molar-refractivity contribution in [2.45, 2.75) is 77.6 Å². The topological polar surface area (TPSA) is 28.7 Å². The van der Waals surface area contributed by atoms with E-state index in [1.165, 1.54) is 11.6 Å². The third kappa shape index (κ3) is 5.23. The SMILES string of the molecule is CC(C)c1ccc(C(C)(C)c2cccc(C(C)CCC(C)c3cc(F)n[nH]3)c2)c(F)c1. The van der Waals surface area contributed by atoms with E-state index >= 15 is 0 Å². The van der Waals surface area contributed by atoms with E-state index in [1.54, 1.807) is 6.07 Å². The van der Waals surface area contributed by atoms with Crippen molar-refractivity contribution in [3.63, 3.8) is 0 Å². The number of nitrogens with one attached hydrogen (secondary N) is 1. The highest BCUT2D eigenvalue weighted by Gasteiger charge is 2.27. The van der Waals surface area contributed by atoms with Crippen LogP contribution < -0.4 is 0 Å². The Labute approximate surface area is 185 Å². The van der Waals surface area contributed by atoms with E-state index in [-0.39, 0.29) is 11.7 Å². The molecule has 0 bridgehead atoms. The largest absolute Gasteiger partial charge is 0.279 e. The number of aromatic amines is 1. The highest BCUT2D eigenvalue weighted by molar-refractivity contribution is 5.42. The summed E-state index contributed by atoms with van der Waals surface area (Å²) in [5, 5.41) is 6.36. The fourth-order valence-corrected chi connectivity index (χ4v) is 4.17. The summed E-state index contributed by atoms with van der Waals surface area (Å²) >= 11 is 0. The second-order valence-electron chi connectivity index (χ2n) is 9.67. The number of hydrogen-bond acceptors (Lipinski definition) is 1. The summed E-state index contributed by atoms with van der Waals surface area (Å²) in [6.07, 6.45) is 1.91. The van der Waals surface area contributed by atoms with Gasteiger partial charge in [0.05, 0.1) is 0 Å². The van der Waals surface area contributed by atoms with Gasteiger partial charge < -0.3 is 0 Å². The van der Waals surface area contributed by atoms with Crippen LogP contribution in [0.4, 0.5) is 8.78 Å². The number of hydrogen-bond donors (Lipinski definition) is 1. The third-order valence-corrected chi connectivity index (χ3v) is 6.64. The minimum Gasteiger partial charge on any atom is -0.279 e. The van der Waals surface area contributed by atoms with E-state index < -0.39 is 11.4 Å². The first-order valence-corrected chi connectivity index (χ1v) is 11.2. The van der Waals surface area contributed by atoms with Gasteiger partial charge in [-0.1, -0.05) is 77.9 Å². The molecule has 31 heavy (non-hydrogen) atoms. The summed E-state index contributed by atoms with van der Waals surface area (Å²) in [5.74, 6) is 0.261. The minimum atomic E-state index is -0.460. The lowest BCUT2D eigenvalue weighted by Gasteiger charge is -2.28. The van der Waals surface area contributed by atoms with E-state index in [9.17, 15) is 8.78 Å². The Morgan fingerprint density at radius 3 is 2.19 bits per heavy atom. The Morgan fingerprint density at radius 1 is 0.871 bits per heavy atom. The van der Waals surface area contributed by atoms with Crippen molar-refractivity contribution in [1.82, 2.24) is 10.2 Å². The molecule has 2 aromatic carbocycles. The normalized spacial score (nSPS) is 14.1. The van der Waals surface area contributed by atoms with Crippen LogP contribution in [0.3, 0.4) is 0 Å². The zero-order chi connectivity index (χ0) is 22.8. The average Bonchev–Trinajstić information content (AvgIpc) is 3.18. The molecule has 0 aliphatic rings. The number of benzene rings is 2. The number of aromatic nitrogens is 2. The molecule has 0 aliphatic heterocycles. The number of rotatable bonds is 8. The molecule has 2 unspecified atom stereocenters. The molecule has 0 saturated carbocycles. The highest BCUT2D eigenvalue weighted by atomic mass is 19.1. The standard InChI is InChI=1S/C27H34F2N2/c1-17(2)20-12-13-23(24(28)15-20)27(5,6)22-9-7-8-21(14-22)18(3)10-11-19(4)25-16-26(29)31-30-25/h7-9,12-19H,10-11H2,1-6H3,(H,30,31). The Bertz CT molecular complexity index is 1020. The Hall–Kier alpha value is -2.49. The van der Waals surface area contributed by atoms with Crippen molar-refractivity contribution in [2.75, 3.05) is 0 Å². The minimum absolute atomic E-state index is 0.143. The summed E-state index contributed by atoms with van der Waals surface area (Å²) in [6.45, 7) is 12.6. The first kappa shape index (κ1) is 23.2. The van der Waals surface area contributed by atoms with Crippen molar-refractivity contribution in [2.24, 2.45) is 0 Å². The first-order valence-electron chi connectivity index (χ1n) is 11.2. The van der Waals surface area contributed by atoms with Crippen LogP contribution >= 0.6 is 0 Å². The van der Waals surface area contributed by atoms with Gasteiger partial charge in [0.2, 0.25) is 5.95 Å². The maximum Gasteiger partial charge on any atom is 0.232 e. The van der Waals surface area contributed by atoms with E-state index in [2.05, 4.69) is 76.0 Å². The van der Waals surface area contributed by atoms with Crippen LogP contribution in [0.1, 0.15) is 100 Å². The monoisotopic (exact) mass is 424 g/mol. The Balaban J connectivity index is 1.77. The van der Waals surface area contributed by atoms with Crippen molar-refractivity contribution < 1.29 is 8.78 Å². The molecule has 1 heterocycles. The van der Waals surface area contributed by atoms with Crippen molar-refractivity contribution in [3.05, 3.63) is 88.2 Å². The van der Waals surface area contributed by atoms with E-state index in [0.29, 0.717) is 11.8 Å². The van der Waals surface area contributed by atoms with Gasteiger partial charge in [0.25, 0.3) is 0 Å². The molecular weight excluding hydrogens is 390 g/mol. The van der Waals surface area contributed by atoms with Gasteiger partial charge in [-0.25, -0.2) is 4.39 Å². The molecule has 3 rings (SSSR count). The maximum absolute atomic E-state index is 15.0. The number of H-pyrrole nitrogens is 1. The van der Waals surface area contributed by atoms with Gasteiger partial charge in [-0.2, -0.15) is 4.39 Å². The lowest BCUT2D eigenvalue weighted by molar-refractivity contribution is 0.542. The van der Waals surface area contributed by atoms with E-state index in [4.69, 9.17) is 0 Å². The maximum atomic E-state index is 15.0. The molecule has 2 nitrogen and oxygen atoms in total. The fraction of sp³-hybridized carbons (Fsp3) is 0.444. The fourth-order valence-electron chi connectivity index (χ4n) is 4.17. The third-order valence-electron chi connectivity index (χ3n) is 6.64. The van der Waals surface area contributed by atoms with Gasteiger partial charge in [-0.3, -0.25) is 5.10 Å². The van der Waals surface area contributed by atoms with E-state index in [1.807, 2.05) is 12.1 Å². The van der Waals surface area contributed by atoms with Crippen LogP contribution in [0, 0.1) is 11.8 Å². The molecule has 1 aromatic heterocycles. The zero-order valence-corrected chi connectivity index (χ0v) is 19.5. The average molecular weight is 425 g/mol. The quantitative estimate of drug-likeness (QED) is 0.392. The van der Waals surface area contributed by atoms with Crippen LogP contribution in [0.25, 0.3) is 0 Å². The van der Waals surface area contributed by atoms with Crippen molar-refractivity contribution in [1.29, 1.82) is 0 Å². The van der Waals surface area contributed by atoms with Gasteiger partial charge in [-0.05, 0) is 58.9 Å². The molecule has 0 saturated heterocycles. The molecule has 166 valence electrons. The molecule has 1 N–H and O–H groups in total. The van der Waals surface area contributed by atoms with Gasteiger partial charge in [0.15, 0.2) is 0 Å². The molecule has 0 spiro atoms. The Morgan fingerprint density at radius 2 is 1.58 bits per heavy atom. The summed E-state index contributed by atoms with van der Waals surface area (Å²) in [5.41, 5.74) is 4.49. The molecule has 2 atom stereocenters. The van der Waals surface area contributed by atoms with Crippen LogP contribution in [-0.4, -0.2) is 10.2 Å². The van der Waals surface area contributed by atoms with Gasteiger partial charge in [-0.15, -0.1) is 5.10 Å². The van der Waals surface area contributed by atoms with Gasteiger partial charge in [0, 0.05) is 17.2 Å². The first-order chi connectivity index (χ1) is 14.6. The molecular formula is C27H34F2N2. The summed E-state index contributed by atoms with van der Waals surface area (Å²) in [6, 6.07) is 15.6. The second kappa shape index (κ2) is 9.33. The number of halogens is 2. The molecule has 0 radical (unpaired) electrons. The van der Waals surface area contributed by atoms with Gasteiger partial charge >= 0.3 is 0 Å². The molecule has 0 aliphatic carbocycles. The molecule has 0 fully saturated rings. The predicted molar refractivity (Wildman–Crippen MR) is 124 cm³/mol. The lowest BCUT2D eigenvalue weighted by atomic mass is 9.76. The summed E-state index contributed by atoms with van der Waals surface area (Å²) in [4.78, 5) is 0. The summed E-state index contributed by atoms with van der Waals surface area (Å²) in [7, 11) is 0. The van der Waals surface area contributed by atoms with Crippen molar-refractivity contribution in [3.8, 4) is 0 Å².